The van der Waals surface area contributed by atoms with Crippen molar-refractivity contribution < 1.29 is 23.0 Å². The van der Waals surface area contributed by atoms with Gasteiger partial charge in [0.25, 0.3) is 0 Å². The van der Waals surface area contributed by atoms with E-state index in [1.54, 1.807) is 12.3 Å². The number of aliphatic hydroxyl groups is 1. The average Bonchev–Trinajstić information content (AvgIpc) is 3.39. The van der Waals surface area contributed by atoms with Crippen molar-refractivity contribution in [2.45, 2.75) is 19.5 Å². The van der Waals surface area contributed by atoms with Crippen LogP contribution in [0.2, 0.25) is 0 Å². The van der Waals surface area contributed by atoms with E-state index in [0.717, 1.165) is 0 Å². The third-order valence-corrected chi connectivity index (χ3v) is 4.63. The van der Waals surface area contributed by atoms with E-state index in [2.05, 4.69) is 20.5 Å². The molecule has 1 aromatic carbocycles. The molecule has 1 atom stereocenters. The summed E-state index contributed by atoms with van der Waals surface area (Å²) in [4.78, 5) is 4.54. The second-order valence-electron chi connectivity index (χ2n) is 6.75. The number of hydrogen-bond acceptors (Lipinski definition) is 6. The van der Waals surface area contributed by atoms with Crippen molar-refractivity contribution in [1.29, 1.82) is 0 Å². The van der Waals surface area contributed by atoms with Crippen LogP contribution >= 0.6 is 0 Å². The van der Waals surface area contributed by atoms with Crippen molar-refractivity contribution in [3.05, 3.63) is 60.4 Å². The Morgan fingerprint density at radius 1 is 1.19 bits per heavy atom. The Morgan fingerprint density at radius 3 is 2.77 bits per heavy atom. The summed E-state index contributed by atoms with van der Waals surface area (Å²) in [6, 6.07) is 5.45. The topological polar surface area (TPSA) is 89.5 Å². The fourth-order valence-electron chi connectivity index (χ4n) is 3.18. The van der Waals surface area contributed by atoms with Crippen LogP contribution in [0, 0.1) is 5.82 Å². The molecule has 31 heavy (non-hydrogen) atoms. The molecule has 1 unspecified atom stereocenters. The maximum Gasteiger partial charge on any atom is 0.333 e. The molecule has 3 heterocycles. The summed E-state index contributed by atoms with van der Waals surface area (Å²) in [5.41, 5.74) is 2.00. The van der Waals surface area contributed by atoms with Gasteiger partial charge in [-0.3, -0.25) is 0 Å². The zero-order valence-electron chi connectivity index (χ0n) is 16.4. The number of benzene rings is 1. The summed E-state index contributed by atoms with van der Waals surface area (Å²) in [7, 11) is 0. The quantitative estimate of drug-likeness (QED) is 0.442. The first kappa shape index (κ1) is 20.7. The smallest absolute Gasteiger partial charge is 0.333 e. The van der Waals surface area contributed by atoms with E-state index < -0.39 is 12.4 Å². The number of anilines is 1. The molecule has 0 fully saturated rings. The van der Waals surface area contributed by atoms with Gasteiger partial charge in [-0.15, -0.1) is 0 Å². The first-order chi connectivity index (χ1) is 15.0. The largest absolute Gasteiger partial charge is 0.491 e. The molecule has 162 valence electrons. The lowest BCUT2D eigenvalue weighted by Crippen LogP contribution is -2.12. The number of ether oxygens (including phenoxy) is 1. The number of alkyl halides is 2. The Bertz CT molecular complexity index is 1190. The van der Waals surface area contributed by atoms with Gasteiger partial charge in [0.15, 0.2) is 5.65 Å². The molecule has 0 aliphatic heterocycles. The van der Waals surface area contributed by atoms with E-state index in [4.69, 9.17) is 9.84 Å². The normalized spacial score (nSPS) is 12.5. The zero-order chi connectivity index (χ0) is 22.0. The number of nitrogens with one attached hydrogen (secondary N) is 1. The minimum atomic E-state index is -2.74. The van der Waals surface area contributed by atoms with Crippen LogP contribution in [0.15, 0.2) is 49.1 Å². The molecule has 0 radical (unpaired) electrons. The van der Waals surface area contributed by atoms with E-state index >= 15 is 0 Å². The van der Waals surface area contributed by atoms with Crippen LogP contribution in [0.4, 0.5) is 19.0 Å². The first-order valence-corrected chi connectivity index (χ1v) is 9.43. The monoisotopic (exact) mass is 432 g/mol. The van der Waals surface area contributed by atoms with Gasteiger partial charge in [-0.05, 0) is 31.2 Å². The Hall–Kier alpha value is -3.60. The summed E-state index contributed by atoms with van der Waals surface area (Å²) >= 11 is 0. The molecule has 0 amide bonds. The lowest BCUT2D eigenvalue weighted by atomic mass is 10.1. The number of halogens is 3. The molecule has 0 bridgehead atoms. The third-order valence-electron chi connectivity index (χ3n) is 4.63. The van der Waals surface area contributed by atoms with E-state index in [9.17, 15) is 13.2 Å². The summed E-state index contributed by atoms with van der Waals surface area (Å²) in [6.07, 6.45) is 5.75. The minimum absolute atomic E-state index is 0.0844. The molecule has 4 rings (SSSR count). The fourth-order valence-corrected chi connectivity index (χ4v) is 3.18. The number of aromatic nitrogens is 5. The maximum atomic E-state index is 13.8. The van der Waals surface area contributed by atoms with E-state index in [0.29, 0.717) is 38.6 Å². The van der Waals surface area contributed by atoms with Crippen molar-refractivity contribution in [3.8, 4) is 16.9 Å². The fraction of sp³-hybridized carbons (Fsp3) is 0.250. The molecular weight excluding hydrogens is 413 g/mol. The number of nitrogens with zero attached hydrogens (tertiary/aromatic N) is 5. The first-order valence-electron chi connectivity index (χ1n) is 9.43. The van der Waals surface area contributed by atoms with Crippen molar-refractivity contribution >= 4 is 11.5 Å². The summed E-state index contributed by atoms with van der Waals surface area (Å²) in [5, 5.41) is 20.0. The Balaban J connectivity index is 1.63. The second-order valence-corrected chi connectivity index (χ2v) is 6.75. The Labute approximate surface area is 174 Å². The van der Waals surface area contributed by atoms with Crippen LogP contribution in [0.25, 0.3) is 16.8 Å². The highest BCUT2D eigenvalue weighted by Crippen LogP contribution is 2.30. The average molecular weight is 432 g/mol. The predicted molar refractivity (Wildman–Crippen MR) is 106 cm³/mol. The van der Waals surface area contributed by atoms with E-state index in [1.165, 1.54) is 41.3 Å². The molecule has 2 N–H and O–H groups in total. The van der Waals surface area contributed by atoms with Crippen LogP contribution in [-0.2, 0) is 0 Å². The molecule has 0 aliphatic rings. The van der Waals surface area contributed by atoms with Gasteiger partial charge in [-0.1, -0.05) is 0 Å². The lowest BCUT2D eigenvalue weighted by molar-refractivity contribution is 0.0566. The van der Waals surface area contributed by atoms with Gasteiger partial charge in [0.2, 0.25) is 0 Å². The third kappa shape index (κ3) is 4.31. The SMILES string of the molecule is CC(Nc1ccn2ncc(-c3cnn(C(F)F)c3)c2n1)c1cc(F)ccc1OCCO. The molecule has 0 spiro atoms. The number of aliphatic hydroxyl groups excluding tert-OH is 1. The van der Waals surface area contributed by atoms with Crippen LogP contribution in [0.3, 0.4) is 0 Å². The summed E-state index contributed by atoms with van der Waals surface area (Å²) in [6.45, 7) is -1.00. The molecule has 11 heteroatoms. The van der Waals surface area contributed by atoms with E-state index in [1.807, 2.05) is 6.92 Å². The van der Waals surface area contributed by atoms with Gasteiger partial charge >= 0.3 is 6.55 Å². The van der Waals surface area contributed by atoms with Gasteiger partial charge in [0.05, 0.1) is 25.0 Å². The van der Waals surface area contributed by atoms with Crippen LogP contribution in [0.5, 0.6) is 5.75 Å². The number of hydrogen-bond donors (Lipinski definition) is 2. The van der Waals surface area contributed by atoms with Crippen molar-refractivity contribution in [2.75, 3.05) is 18.5 Å². The highest BCUT2D eigenvalue weighted by molar-refractivity contribution is 5.76. The molecule has 0 saturated heterocycles. The van der Waals surface area contributed by atoms with Crippen molar-refractivity contribution in [1.82, 2.24) is 24.4 Å². The van der Waals surface area contributed by atoms with Crippen molar-refractivity contribution in [3.63, 3.8) is 0 Å². The standard InChI is InChI=1S/C20H19F3N6O2/c1-12(15-8-14(21)2-3-17(15)31-7-6-30)26-18-4-5-28-19(27-18)16(10-25-28)13-9-24-29(11-13)20(22)23/h2-5,8-12,20,30H,6-7H2,1H3,(H,26,27). The Morgan fingerprint density at radius 2 is 2.03 bits per heavy atom. The predicted octanol–water partition coefficient (Wildman–Crippen LogP) is 3.67. The zero-order valence-corrected chi connectivity index (χ0v) is 16.4. The second kappa shape index (κ2) is 8.64. The highest BCUT2D eigenvalue weighted by atomic mass is 19.3. The van der Waals surface area contributed by atoms with Gasteiger partial charge in [0, 0.05) is 29.1 Å². The molecule has 0 aliphatic carbocycles. The molecule has 3 aromatic heterocycles. The van der Waals surface area contributed by atoms with Crippen LogP contribution in [-0.4, -0.2) is 42.7 Å². The molecule has 8 nitrogen and oxygen atoms in total. The molecule has 0 saturated carbocycles. The maximum absolute atomic E-state index is 13.8. The Kier molecular flexibility index (Phi) is 5.76. The summed E-state index contributed by atoms with van der Waals surface area (Å²) in [5.74, 6) is 0.499. The highest BCUT2D eigenvalue weighted by Gasteiger charge is 2.16. The van der Waals surface area contributed by atoms with E-state index in [-0.39, 0.29) is 19.3 Å². The lowest BCUT2D eigenvalue weighted by Gasteiger charge is -2.19. The minimum Gasteiger partial charge on any atom is -0.491 e. The number of fused-ring (bicyclic) bond motifs is 1. The van der Waals surface area contributed by atoms with Gasteiger partial charge in [-0.25, -0.2) is 18.6 Å². The van der Waals surface area contributed by atoms with Crippen LogP contribution < -0.4 is 10.1 Å². The van der Waals surface area contributed by atoms with Gasteiger partial charge < -0.3 is 15.2 Å². The number of rotatable bonds is 8. The van der Waals surface area contributed by atoms with Gasteiger partial charge in [-0.2, -0.15) is 19.0 Å². The van der Waals surface area contributed by atoms with Gasteiger partial charge in [0.1, 0.15) is 24.0 Å². The van der Waals surface area contributed by atoms with Crippen LogP contribution in [0.1, 0.15) is 25.1 Å². The molecule has 4 aromatic rings. The summed E-state index contributed by atoms with van der Waals surface area (Å²) < 4.78 is 47.1. The molecular formula is C20H19F3N6O2. The van der Waals surface area contributed by atoms with Crippen molar-refractivity contribution in [2.24, 2.45) is 0 Å².